The van der Waals surface area contributed by atoms with Crippen LogP contribution in [0.5, 0.6) is 0 Å². The normalized spacial score (nSPS) is 18.7. The average molecular weight is 418 g/mol. The number of hydrogen-bond acceptors (Lipinski definition) is 5. The maximum absolute atomic E-state index is 12.6. The first-order valence-electron chi connectivity index (χ1n) is 9.79. The Kier molecular flexibility index (Phi) is 6.13. The Labute approximate surface area is 174 Å². The molecule has 0 spiro atoms. The van der Waals surface area contributed by atoms with Crippen LogP contribution < -0.4 is 0 Å². The van der Waals surface area contributed by atoms with Crippen molar-refractivity contribution in [3.05, 3.63) is 41.3 Å². The molecule has 2 amide bonds. The van der Waals surface area contributed by atoms with Gasteiger partial charge in [0.05, 0.1) is 25.5 Å². The largest absolute Gasteiger partial charge is 0.379 e. The van der Waals surface area contributed by atoms with Gasteiger partial charge in [-0.25, -0.2) is 4.98 Å². The summed E-state index contributed by atoms with van der Waals surface area (Å²) < 4.78 is 7.16. The van der Waals surface area contributed by atoms with Crippen LogP contribution >= 0.6 is 11.6 Å². The number of aromatic nitrogens is 2. The van der Waals surface area contributed by atoms with Crippen molar-refractivity contribution in [3.8, 4) is 0 Å². The minimum Gasteiger partial charge on any atom is -0.379 e. The molecule has 0 saturated carbocycles. The molecular formula is C20H24ClN5O3. The van der Waals surface area contributed by atoms with Crippen LogP contribution in [0.2, 0.25) is 5.15 Å². The maximum atomic E-state index is 12.6. The van der Waals surface area contributed by atoms with Crippen molar-refractivity contribution in [2.45, 2.75) is 0 Å². The zero-order chi connectivity index (χ0) is 20.2. The molecule has 29 heavy (non-hydrogen) atoms. The molecule has 2 aromatic heterocycles. The molecule has 0 atom stereocenters. The molecule has 0 unspecified atom stereocenters. The van der Waals surface area contributed by atoms with Crippen LogP contribution in [0.1, 0.15) is 5.69 Å². The third-order valence-corrected chi connectivity index (χ3v) is 5.59. The maximum Gasteiger partial charge on any atom is 0.246 e. The Hall–Kier alpha value is -2.42. The van der Waals surface area contributed by atoms with Gasteiger partial charge in [-0.15, -0.1) is 0 Å². The number of amides is 2. The molecule has 9 heteroatoms. The van der Waals surface area contributed by atoms with Gasteiger partial charge in [0, 0.05) is 51.5 Å². The molecule has 0 aromatic carbocycles. The Bertz CT molecular complexity index is 914. The highest BCUT2D eigenvalue weighted by molar-refractivity contribution is 6.31. The molecule has 154 valence electrons. The summed E-state index contributed by atoms with van der Waals surface area (Å²) in [5.74, 6) is 0.0271. The van der Waals surface area contributed by atoms with Crippen molar-refractivity contribution < 1.29 is 14.3 Å². The highest BCUT2D eigenvalue weighted by Gasteiger charge is 2.25. The van der Waals surface area contributed by atoms with E-state index in [1.807, 2.05) is 33.7 Å². The van der Waals surface area contributed by atoms with Gasteiger partial charge < -0.3 is 14.5 Å². The number of rotatable bonds is 4. The number of piperazine rings is 1. The summed E-state index contributed by atoms with van der Waals surface area (Å²) in [4.78, 5) is 35.1. The van der Waals surface area contributed by atoms with Gasteiger partial charge in [-0.2, -0.15) is 0 Å². The lowest BCUT2D eigenvalue weighted by Gasteiger charge is -2.36. The smallest absolute Gasteiger partial charge is 0.246 e. The number of carbonyl (C=O) groups excluding carboxylic acids is 2. The van der Waals surface area contributed by atoms with Gasteiger partial charge in [-0.05, 0) is 18.2 Å². The van der Waals surface area contributed by atoms with Crippen LogP contribution in [0.3, 0.4) is 0 Å². The lowest BCUT2D eigenvalue weighted by molar-refractivity contribution is -0.138. The number of nitrogens with zero attached hydrogens (tertiary/aromatic N) is 5. The summed E-state index contributed by atoms with van der Waals surface area (Å²) in [6, 6.07) is 5.63. The topological polar surface area (TPSA) is 70.4 Å². The van der Waals surface area contributed by atoms with E-state index in [2.05, 4.69) is 9.88 Å². The van der Waals surface area contributed by atoms with E-state index in [-0.39, 0.29) is 11.8 Å². The van der Waals surface area contributed by atoms with Crippen LogP contribution in [0.4, 0.5) is 0 Å². The first-order valence-corrected chi connectivity index (χ1v) is 10.2. The van der Waals surface area contributed by atoms with Gasteiger partial charge in [0.15, 0.2) is 5.15 Å². The molecule has 0 N–H and O–H groups in total. The van der Waals surface area contributed by atoms with Crippen molar-refractivity contribution >= 4 is 35.1 Å². The minimum atomic E-state index is -0.0905. The van der Waals surface area contributed by atoms with Gasteiger partial charge in [0.25, 0.3) is 0 Å². The first kappa shape index (κ1) is 19.9. The second-order valence-corrected chi connectivity index (χ2v) is 7.50. The van der Waals surface area contributed by atoms with E-state index in [1.165, 1.54) is 6.08 Å². The Morgan fingerprint density at radius 2 is 1.79 bits per heavy atom. The number of imidazole rings is 1. The predicted octanol–water partition coefficient (Wildman–Crippen LogP) is 1.00. The highest BCUT2D eigenvalue weighted by atomic mass is 35.5. The molecule has 0 radical (unpaired) electrons. The van der Waals surface area contributed by atoms with Crippen LogP contribution in [0.15, 0.2) is 30.5 Å². The second kappa shape index (κ2) is 8.94. The molecule has 0 bridgehead atoms. The molecule has 2 aliphatic heterocycles. The van der Waals surface area contributed by atoms with Gasteiger partial charge in [0.1, 0.15) is 5.65 Å². The fraction of sp³-hybridized carbons (Fsp3) is 0.450. The number of morpholine rings is 1. The van der Waals surface area contributed by atoms with E-state index in [0.29, 0.717) is 56.8 Å². The van der Waals surface area contributed by atoms with Crippen LogP contribution in [-0.2, 0) is 14.3 Å². The van der Waals surface area contributed by atoms with E-state index in [9.17, 15) is 9.59 Å². The van der Waals surface area contributed by atoms with Gasteiger partial charge >= 0.3 is 0 Å². The molecule has 2 aromatic rings. The number of pyridine rings is 1. The molecule has 2 fully saturated rings. The van der Waals surface area contributed by atoms with Gasteiger partial charge in [-0.1, -0.05) is 17.7 Å². The minimum absolute atomic E-state index is 0.0905. The van der Waals surface area contributed by atoms with Crippen molar-refractivity contribution in [1.29, 1.82) is 0 Å². The molecule has 4 rings (SSSR count). The third kappa shape index (κ3) is 4.60. The standard InChI is InChI=1S/C20H24ClN5O3/c21-20-16(26-6-2-1-3-17(26)22-20)4-5-18(27)24-7-9-25(10-8-24)19(28)15-23-11-13-29-14-12-23/h1-6H,7-15H2/b5-4+. The van der Waals surface area contributed by atoms with Crippen LogP contribution in [0, 0.1) is 0 Å². The third-order valence-electron chi connectivity index (χ3n) is 5.31. The van der Waals surface area contributed by atoms with E-state index in [0.717, 1.165) is 18.7 Å². The zero-order valence-corrected chi connectivity index (χ0v) is 16.9. The number of fused-ring (bicyclic) bond motifs is 1. The summed E-state index contributed by atoms with van der Waals surface area (Å²) in [6.07, 6.45) is 5.07. The second-order valence-electron chi connectivity index (χ2n) is 7.14. The fourth-order valence-electron chi connectivity index (χ4n) is 3.62. The number of carbonyl (C=O) groups is 2. The number of halogens is 1. The lowest BCUT2D eigenvalue weighted by atomic mass is 10.2. The fourth-order valence-corrected chi connectivity index (χ4v) is 3.86. The molecule has 8 nitrogen and oxygen atoms in total. The molecule has 4 heterocycles. The van der Waals surface area contributed by atoms with Crippen molar-refractivity contribution in [2.75, 3.05) is 59.0 Å². The van der Waals surface area contributed by atoms with Gasteiger partial charge in [0.2, 0.25) is 11.8 Å². The van der Waals surface area contributed by atoms with Crippen LogP contribution in [0.25, 0.3) is 11.7 Å². The van der Waals surface area contributed by atoms with E-state index >= 15 is 0 Å². The van der Waals surface area contributed by atoms with E-state index in [1.54, 1.807) is 11.0 Å². The Morgan fingerprint density at radius 3 is 2.55 bits per heavy atom. The molecule has 2 aliphatic rings. The summed E-state index contributed by atoms with van der Waals surface area (Å²) in [5, 5.41) is 0.360. The Morgan fingerprint density at radius 1 is 1.07 bits per heavy atom. The predicted molar refractivity (Wildman–Crippen MR) is 110 cm³/mol. The molecular weight excluding hydrogens is 394 g/mol. The SMILES string of the molecule is O=C(/C=C/c1c(Cl)nc2ccccn12)N1CCN(C(=O)CN2CCOCC2)CC1. The van der Waals surface area contributed by atoms with Crippen molar-refractivity contribution in [1.82, 2.24) is 24.1 Å². The summed E-state index contributed by atoms with van der Waals surface area (Å²) in [5.41, 5.74) is 1.41. The zero-order valence-electron chi connectivity index (χ0n) is 16.2. The number of hydrogen-bond donors (Lipinski definition) is 0. The summed E-state index contributed by atoms with van der Waals surface area (Å²) >= 11 is 6.21. The summed E-state index contributed by atoms with van der Waals surface area (Å²) in [7, 11) is 0. The number of ether oxygens (including phenoxy) is 1. The average Bonchev–Trinajstić information content (AvgIpc) is 3.07. The highest BCUT2D eigenvalue weighted by Crippen LogP contribution is 2.19. The molecule has 2 saturated heterocycles. The Balaban J connectivity index is 1.31. The monoisotopic (exact) mass is 417 g/mol. The van der Waals surface area contributed by atoms with Crippen molar-refractivity contribution in [3.63, 3.8) is 0 Å². The molecule has 0 aliphatic carbocycles. The van der Waals surface area contributed by atoms with Gasteiger partial charge in [-0.3, -0.25) is 18.9 Å². The quantitative estimate of drug-likeness (QED) is 0.694. The van der Waals surface area contributed by atoms with E-state index in [4.69, 9.17) is 16.3 Å². The first-order chi connectivity index (χ1) is 14.1. The lowest BCUT2D eigenvalue weighted by Crippen LogP contribution is -2.53. The summed E-state index contributed by atoms with van der Waals surface area (Å²) in [6.45, 7) is 5.53. The van der Waals surface area contributed by atoms with Crippen molar-refractivity contribution in [2.24, 2.45) is 0 Å². The van der Waals surface area contributed by atoms with Crippen LogP contribution in [-0.4, -0.2) is 94.9 Å². The van der Waals surface area contributed by atoms with E-state index < -0.39 is 0 Å².